The summed E-state index contributed by atoms with van der Waals surface area (Å²) < 4.78 is 0. The molecule has 1 heterocycles. The summed E-state index contributed by atoms with van der Waals surface area (Å²) in [4.78, 5) is 10.4. The number of hydroxylamine groups is 2. The van der Waals surface area contributed by atoms with Crippen LogP contribution in [0, 0.1) is 0 Å². The molecule has 2 rings (SSSR count). The molecule has 1 aliphatic rings. The lowest BCUT2D eigenvalue weighted by molar-refractivity contribution is -0.165. The van der Waals surface area contributed by atoms with Crippen molar-refractivity contribution in [3.63, 3.8) is 0 Å². The molecule has 0 amide bonds. The first-order valence-electron chi connectivity index (χ1n) is 4.62. The predicted octanol–water partition coefficient (Wildman–Crippen LogP) is 1.49. The third kappa shape index (κ3) is 1.61. The fourth-order valence-electron chi connectivity index (χ4n) is 1.53. The minimum absolute atomic E-state index is 0.392. The first-order valence-corrected chi connectivity index (χ1v) is 4.62. The molecule has 1 aromatic carbocycles. The minimum atomic E-state index is -0.392. The van der Waals surface area contributed by atoms with Crippen LogP contribution in [0.1, 0.15) is 18.7 Å². The van der Waals surface area contributed by atoms with E-state index in [-0.39, 0.29) is 0 Å². The van der Waals surface area contributed by atoms with Gasteiger partial charge < -0.3 is 10.6 Å². The van der Waals surface area contributed by atoms with Gasteiger partial charge in [0, 0.05) is 11.3 Å². The largest absolute Gasteiger partial charge is 0.398 e. The van der Waals surface area contributed by atoms with Gasteiger partial charge in [-0.15, -0.1) is 0 Å². The highest BCUT2D eigenvalue weighted by Gasteiger charge is 2.30. The van der Waals surface area contributed by atoms with Crippen molar-refractivity contribution in [2.45, 2.75) is 13.2 Å². The number of amidine groups is 1. The van der Waals surface area contributed by atoms with Gasteiger partial charge in [0.25, 0.3) is 6.23 Å². The van der Waals surface area contributed by atoms with E-state index in [0.717, 1.165) is 5.56 Å². The molecule has 80 valence electrons. The molecular weight excluding hydrogens is 194 g/mol. The Bertz CT molecular complexity index is 392. The topological polar surface area (TPSA) is 60.1 Å². The number of nitrogen functional groups attached to an aromatic ring is 1. The Balaban J connectivity index is 2.30. The Hall–Kier alpha value is -1.75. The molecule has 1 unspecified atom stereocenters. The summed E-state index contributed by atoms with van der Waals surface area (Å²) in [5.74, 6) is 0.672. The van der Waals surface area contributed by atoms with Crippen molar-refractivity contribution in [3.05, 3.63) is 29.8 Å². The molecule has 1 aliphatic heterocycles. The average Bonchev–Trinajstić information content (AvgIpc) is 2.60. The third-order valence-electron chi connectivity index (χ3n) is 2.28. The first kappa shape index (κ1) is 9.79. The lowest BCUT2D eigenvalue weighted by Crippen LogP contribution is -2.28. The van der Waals surface area contributed by atoms with Crippen LogP contribution in [-0.2, 0) is 9.68 Å². The molecule has 0 radical (unpaired) electrons. The van der Waals surface area contributed by atoms with Crippen molar-refractivity contribution in [2.24, 2.45) is 5.16 Å². The molecule has 0 fully saturated rings. The molecule has 0 bridgehead atoms. The number of benzene rings is 1. The molecule has 0 saturated heterocycles. The number of nitrogens with zero attached hydrogens (tertiary/aromatic N) is 2. The van der Waals surface area contributed by atoms with Gasteiger partial charge in [0.15, 0.2) is 5.84 Å². The molecule has 2 N–H and O–H groups in total. The van der Waals surface area contributed by atoms with E-state index in [9.17, 15) is 0 Å². The van der Waals surface area contributed by atoms with Gasteiger partial charge in [0.2, 0.25) is 0 Å². The molecule has 1 atom stereocenters. The maximum atomic E-state index is 5.85. The summed E-state index contributed by atoms with van der Waals surface area (Å²) in [6.45, 7) is 1.81. The Morgan fingerprint density at radius 1 is 1.47 bits per heavy atom. The summed E-state index contributed by atoms with van der Waals surface area (Å²) in [5.41, 5.74) is 7.36. The van der Waals surface area contributed by atoms with E-state index in [0.29, 0.717) is 11.5 Å². The average molecular weight is 207 g/mol. The summed E-state index contributed by atoms with van der Waals surface area (Å²) in [6, 6.07) is 7.48. The molecular formula is C10H13N3O2. The third-order valence-corrected chi connectivity index (χ3v) is 2.28. The van der Waals surface area contributed by atoms with Gasteiger partial charge in [-0.25, -0.2) is 0 Å². The maximum Gasteiger partial charge on any atom is 0.251 e. The zero-order valence-electron chi connectivity index (χ0n) is 8.68. The standard InChI is InChI=1S/C10H13N3O2/c1-7-12-15-10(13(7)14-2)8-5-3-4-6-9(8)11/h3-6,10H,11H2,1-2H3. The Labute approximate surface area is 88.0 Å². The number of nitrogens with two attached hydrogens (primary N) is 1. The normalized spacial score (nSPS) is 20.0. The minimum Gasteiger partial charge on any atom is -0.398 e. The number of para-hydroxylation sites is 1. The number of rotatable bonds is 2. The van der Waals surface area contributed by atoms with E-state index in [1.165, 1.54) is 0 Å². The van der Waals surface area contributed by atoms with Gasteiger partial charge in [-0.05, 0) is 13.0 Å². The lowest BCUT2D eigenvalue weighted by atomic mass is 10.1. The fraction of sp³-hybridized carbons (Fsp3) is 0.300. The van der Waals surface area contributed by atoms with Crippen molar-refractivity contribution in [3.8, 4) is 0 Å². The van der Waals surface area contributed by atoms with Crippen LogP contribution < -0.4 is 5.73 Å². The van der Waals surface area contributed by atoms with Gasteiger partial charge in [-0.3, -0.25) is 4.84 Å². The highest BCUT2D eigenvalue weighted by Crippen LogP contribution is 2.31. The molecule has 15 heavy (non-hydrogen) atoms. The number of hydrogen-bond acceptors (Lipinski definition) is 5. The summed E-state index contributed by atoms with van der Waals surface area (Å²) >= 11 is 0. The smallest absolute Gasteiger partial charge is 0.251 e. The highest BCUT2D eigenvalue weighted by molar-refractivity contribution is 5.79. The van der Waals surface area contributed by atoms with Crippen LogP contribution in [0.5, 0.6) is 0 Å². The fourth-order valence-corrected chi connectivity index (χ4v) is 1.53. The second-order valence-electron chi connectivity index (χ2n) is 3.23. The summed E-state index contributed by atoms with van der Waals surface area (Å²) in [5, 5.41) is 5.42. The number of hydrogen-bond donors (Lipinski definition) is 1. The Kier molecular flexibility index (Phi) is 2.47. The van der Waals surface area contributed by atoms with E-state index in [1.807, 2.05) is 31.2 Å². The van der Waals surface area contributed by atoms with Gasteiger partial charge >= 0.3 is 0 Å². The molecule has 5 nitrogen and oxygen atoms in total. The SMILES string of the molecule is CON1C(C)=NOC1c1ccccc1N. The number of anilines is 1. The van der Waals surface area contributed by atoms with Gasteiger partial charge in [0.05, 0.1) is 7.11 Å². The summed E-state index contributed by atoms with van der Waals surface area (Å²) in [7, 11) is 1.57. The van der Waals surface area contributed by atoms with Crippen LogP contribution >= 0.6 is 0 Å². The maximum absolute atomic E-state index is 5.85. The van der Waals surface area contributed by atoms with Gasteiger partial charge in [-0.2, -0.15) is 5.06 Å². The van der Waals surface area contributed by atoms with Crippen molar-refractivity contribution in [1.29, 1.82) is 0 Å². The van der Waals surface area contributed by atoms with Crippen molar-refractivity contribution < 1.29 is 9.68 Å². The first-order chi connectivity index (χ1) is 7.24. The van der Waals surface area contributed by atoms with E-state index in [4.69, 9.17) is 15.4 Å². The Morgan fingerprint density at radius 2 is 2.20 bits per heavy atom. The molecule has 0 aliphatic carbocycles. The second kappa shape index (κ2) is 3.78. The molecule has 5 heteroatoms. The lowest BCUT2D eigenvalue weighted by Gasteiger charge is -2.22. The van der Waals surface area contributed by atoms with E-state index in [1.54, 1.807) is 12.2 Å². The van der Waals surface area contributed by atoms with Crippen molar-refractivity contribution in [1.82, 2.24) is 5.06 Å². The molecule has 0 aromatic heterocycles. The van der Waals surface area contributed by atoms with Gasteiger partial charge in [-0.1, -0.05) is 23.4 Å². The monoisotopic (exact) mass is 207 g/mol. The zero-order chi connectivity index (χ0) is 10.8. The van der Waals surface area contributed by atoms with Crippen LogP contribution in [-0.4, -0.2) is 18.0 Å². The van der Waals surface area contributed by atoms with E-state index in [2.05, 4.69) is 5.16 Å². The highest BCUT2D eigenvalue weighted by atomic mass is 16.8. The predicted molar refractivity (Wildman–Crippen MR) is 56.6 cm³/mol. The van der Waals surface area contributed by atoms with Crippen LogP contribution in [0.2, 0.25) is 0 Å². The van der Waals surface area contributed by atoms with Crippen molar-refractivity contribution in [2.75, 3.05) is 12.8 Å². The van der Waals surface area contributed by atoms with Crippen LogP contribution in [0.25, 0.3) is 0 Å². The Morgan fingerprint density at radius 3 is 2.87 bits per heavy atom. The van der Waals surface area contributed by atoms with Crippen LogP contribution in [0.4, 0.5) is 5.69 Å². The van der Waals surface area contributed by atoms with Gasteiger partial charge in [0.1, 0.15) is 0 Å². The number of oxime groups is 1. The van der Waals surface area contributed by atoms with Crippen LogP contribution in [0.15, 0.2) is 29.4 Å². The molecule has 0 saturated carbocycles. The van der Waals surface area contributed by atoms with E-state index < -0.39 is 6.23 Å². The van der Waals surface area contributed by atoms with E-state index >= 15 is 0 Å². The zero-order valence-corrected chi connectivity index (χ0v) is 8.68. The molecule has 0 spiro atoms. The van der Waals surface area contributed by atoms with Crippen LogP contribution in [0.3, 0.4) is 0 Å². The quantitative estimate of drug-likeness (QED) is 0.746. The molecule has 1 aromatic rings. The summed E-state index contributed by atoms with van der Waals surface area (Å²) in [6.07, 6.45) is -0.392. The second-order valence-corrected chi connectivity index (χ2v) is 3.23. The van der Waals surface area contributed by atoms with Crippen molar-refractivity contribution >= 4 is 11.5 Å².